The van der Waals surface area contributed by atoms with Crippen LogP contribution in [0.1, 0.15) is 38.5 Å². The quantitative estimate of drug-likeness (QED) is 0.838. The molecule has 0 radical (unpaired) electrons. The highest BCUT2D eigenvalue weighted by atomic mass is 32.2. The van der Waals surface area contributed by atoms with E-state index >= 15 is 0 Å². The fourth-order valence-corrected chi connectivity index (χ4v) is 8.45. The molecule has 3 nitrogen and oxygen atoms in total. The van der Waals surface area contributed by atoms with Gasteiger partial charge in [-0.15, -0.1) is 0 Å². The van der Waals surface area contributed by atoms with Crippen molar-refractivity contribution >= 4 is 16.7 Å². The fraction of sp³-hybridized carbons (Fsp3) is 0.700. The second kappa shape index (κ2) is 5.84. The van der Waals surface area contributed by atoms with Crippen LogP contribution in [0.3, 0.4) is 0 Å². The van der Waals surface area contributed by atoms with E-state index in [4.69, 9.17) is 0 Å². The van der Waals surface area contributed by atoms with Crippen LogP contribution in [0.5, 0.6) is 0 Å². The lowest BCUT2D eigenvalue weighted by Gasteiger charge is -2.57. The van der Waals surface area contributed by atoms with Crippen molar-refractivity contribution in [3.8, 4) is 0 Å². The molecule has 0 spiro atoms. The third-order valence-electron chi connectivity index (χ3n) is 6.95. The third-order valence-corrected chi connectivity index (χ3v) is 9.02. The van der Waals surface area contributed by atoms with E-state index < -0.39 is 11.0 Å². The van der Waals surface area contributed by atoms with Gasteiger partial charge in [-0.3, -0.25) is 0 Å². The molecule has 1 unspecified atom stereocenters. The SMILES string of the molecule is O=S(N1CCN(c2ccccc2)CC1)C12CC3CC(CC(C3)C1)C2. The minimum absolute atomic E-state index is 0.143. The van der Waals surface area contributed by atoms with Crippen LogP contribution in [-0.4, -0.2) is 39.4 Å². The lowest BCUT2D eigenvalue weighted by atomic mass is 9.56. The molecule has 4 bridgehead atoms. The van der Waals surface area contributed by atoms with Crippen LogP contribution in [0.15, 0.2) is 30.3 Å². The van der Waals surface area contributed by atoms with Crippen molar-refractivity contribution in [3.05, 3.63) is 30.3 Å². The molecule has 4 aliphatic carbocycles. The molecular formula is C20H28N2OS. The molecule has 0 amide bonds. The summed E-state index contributed by atoms with van der Waals surface area (Å²) in [5.74, 6) is 2.64. The molecule has 1 saturated heterocycles. The van der Waals surface area contributed by atoms with E-state index in [1.54, 1.807) is 0 Å². The Morgan fingerprint density at radius 2 is 1.38 bits per heavy atom. The second-order valence-electron chi connectivity index (χ2n) is 8.60. The van der Waals surface area contributed by atoms with Crippen molar-refractivity contribution < 1.29 is 4.21 Å². The van der Waals surface area contributed by atoms with Crippen LogP contribution < -0.4 is 4.90 Å². The van der Waals surface area contributed by atoms with E-state index in [0.717, 1.165) is 43.9 Å². The molecule has 5 fully saturated rings. The van der Waals surface area contributed by atoms with Crippen LogP contribution in [0.25, 0.3) is 0 Å². The first-order valence-corrected chi connectivity index (χ1v) is 10.8. The Hall–Kier alpha value is -0.870. The number of rotatable bonds is 3. The monoisotopic (exact) mass is 344 g/mol. The number of hydrogen-bond acceptors (Lipinski definition) is 2. The van der Waals surface area contributed by atoms with Crippen molar-refractivity contribution in [2.45, 2.75) is 43.3 Å². The number of benzene rings is 1. The highest BCUT2D eigenvalue weighted by molar-refractivity contribution is 7.84. The van der Waals surface area contributed by atoms with Gasteiger partial charge in [-0.1, -0.05) is 18.2 Å². The zero-order valence-electron chi connectivity index (χ0n) is 14.4. The molecule has 6 rings (SSSR count). The predicted molar refractivity (Wildman–Crippen MR) is 99.3 cm³/mol. The normalized spacial score (nSPS) is 40.0. The van der Waals surface area contributed by atoms with Crippen LogP contribution in [0, 0.1) is 17.8 Å². The molecule has 1 heterocycles. The minimum atomic E-state index is -0.776. The molecule has 0 N–H and O–H groups in total. The Labute approximate surface area is 148 Å². The van der Waals surface area contributed by atoms with Gasteiger partial charge in [-0.25, -0.2) is 8.51 Å². The van der Waals surface area contributed by atoms with Crippen molar-refractivity contribution in [2.75, 3.05) is 31.1 Å². The fourth-order valence-electron chi connectivity index (χ4n) is 6.27. The summed E-state index contributed by atoms with van der Waals surface area (Å²) in [5, 5.41) is 0. The van der Waals surface area contributed by atoms with Gasteiger partial charge in [0.05, 0.1) is 4.75 Å². The standard InChI is InChI=1S/C20H28N2OS/c23-24(20-13-16-10-17(14-20)12-18(11-16)15-20)22-8-6-21(7-9-22)19-4-2-1-3-5-19/h1-5,16-18H,6-15H2. The summed E-state index contributed by atoms with van der Waals surface area (Å²) < 4.78 is 16.0. The van der Waals surface area contributed by atoms with Gasteiger partial charge in [0.2, 0.25) is 0 Å². The smallest absolute Gasteiger partial charge is 0.101 e. The maximum absolute atomic E-state index is 13.5. The zero-order chi connectivity index (χ0) is 16.1. The lowest BCUT2D eigenvalue weighted by Crippen LogP contribution is -2.58. The maximum atomic E-state index is 13.5. The van der Waals surface area contributed by atoms with Gasteiger partial charge in [-0.2, -0.15) is 0 Å². The van der Waals surface area contributed by atoms with E-state index in [1.165, 1.54) is 44.2 Å². The van der Waals surface area contributed by atoms with Crippen LogP contribution in [0.2, 0.25) is 0 Å². The molecule has 1 atom stereocenters. The van der Waals surface area contributed by atoms with E-state index in [2.05, 4.69) is 39.5 Å². The van der Waals surface area contributed by atoms with Crippen molar-refractivity contribution in [2.24, 2.45) is 17.8 Å². The Morgan fingerprint density at radius 3 is 1.92 bits per heavy atom. The average Bonchev–Trinajstić information content (AvgIpc) is 2.61. The first-order valence-electron chi connectivity index (χ1n) is 9.69. The first kappa shape index (κ1) is 15.4. The highest BCUT2D eigenvalue weighted by Gasteiger charge is 2.55. The van der Waals surface area contributed by atoms with Gasteiger partial charge in [0.1, 0.15) is 11.0 Å². The Kier molecular flexibility index (Phi) is 3.75. The Morgan fingerprint density at radius 1 is 0.833 bits per heavy atom. The van der Waals surface area contributed by atoms with E-state index in [0.29, 0.717) is 0 Å². The molecule has 4 saturated carbocycles. The molecule has 1 aliphatic heterocycles. The van der Waals surface area contributed by atoms with Crippen LogP contribution in [0.4, 0.5) is 5.69 Å². The largest absolute Gasteiger partial charge is 0.369 e. The minimum Gasteiger partial charge on any atom is -0.369 e. The van der Waals surface area contributed by atoms with Crippen LogP contribution in [-0.2, 0) is 11.0 Å². The van der Waals surface area contributed by atoms with Crippen molar-refractivity contribution in [1.29, 1.82) is 0 Å². The lowest BCUT2D eigenvalue weighted by molar-refractivity contribution is 0.0339. The summed E-state index contributed by atoms with van der Waals surface area (Å²) in [5.41, 5.74) is 1.30. The van der Waals surface area contributed by atoms with E-state index in [9.17, 15) is 4.21 Å². The average molecular weight is 345 g/mol. The van der Waals surface area contributed by atoms with Gasteiger partial charge in [0.25, 0.3) is 0 Å². The summed E-state index contributed by atoms with van der Waals surface area (Å²) in [7, 11) is -0.776. The second-order valence-corrected chi connectivity index (χ2v) is 10.5. The number of nitrogens with zero attached hydrogens (tertiary/aromatic N) is 2. The van der Waals surface area contributed by atoms with Gasteiger partial charge < -0.3 is 4.90 Å². The number of hydrogen-bond donors (Lipinski definition) is 0. The molecule has 0 aromatic heterocycles. The van der Waals surface area contributed by atoms with Crippen LogP contribution >= 0.6 is 0 Å². The summed E-state index contributed by atoms with van der Waals surface area (Å²) in [6.07, 6.45) is 8.01. The van der Waals surface area contributed by atoms with Gasteiger partial charge in [-0.05, 0) is 68.4 Å². The third kappa shape index (κ3) is 2.53. The molecule has 24 heavy (non-hydrogen) atoms. The molecule has 1 aromatic rings. The summed E-state index contributed by atoms with van der Waals surface area (Å²) in [6.45, 7) is 3.90. The van der Waals surface area contributed by atoms with Gasteiger partial charge in [0, 0.05) is 31.9 Å². The molecule has 1 aromatic carbocycles. The summed E-state index contributed by atoms with van der Waals surface area (Å²) in [6, 6.07) is 10.7. The van der Waals surface area contributed by atoms with Gasteiger partial charge in [0.15, 0.2) is 0 Å². The van der Waals surface area contributed by atoms with E-state index in [-0.39, 0.29) is 4.75 Å². The molecular weight excluding hydrogens is 316 g/mol. The van der Waals surface area contributed by atoms with Crippen molar-refractivity contribution in [1.82, 2.24) is 4.31 Å². The Bertz CT molecular complexity index is 589. The summed E-state index contributed by atoms with van der Waals surface area (Å²) in [4.78, 5) is 2.44. The first-order chi connectivity index (χ1) is 11.7. The Balaban J connectivity index is 1.28. The number of para-hydroxylation sites is 1. The van der Waals surface area contributed by atoms with E-state index in [1.807, 2.05) is 0 Å². The molecule has 4 heteroatoms. The number of piperazine rings is 1. The number of anilines is 1. The predicted octanol–water partition coefficient (Wildman–Crippen LogP) is 3.44. The van der Waals surface area contributed by atoms with Crippen molar-refractivity contribution in [3.63, 3.8) is 0 Å². The summed E-state index contributed by atoms with van der Waals surface area (Å²) >= 11 is 0. The highest BCUT2D eigenvalue weighted by Crippen LogP contribution is 2.58. The van der Waals surface area contributed by atoms with Gasteiger partial charge >= 0.3 is 0 Å². The topological polar surface area (TPSA) is 23.6 Å². The molecule has 130 valence electrons. The molecule has 5 aliphatic rings. The maximum Gasteiger partial charge on any atom is 0.101 e. The zero-order valence-corrected chi connectivity index (χ0v) is 15.2.